The standard InChI is InChI=1S/C20H31N3O3S/c1-21-15-18-9-6-14-23(18)20(24)16-10-12-19(13-11-16)27(25,26)22(2)17-7-4-3-5-8-17/h10-13,17-18,21H,3-9,14-15H2,1-2H3. The molecule has 1 saturated carbocycles. The summed E-state index contributed by atoms with van der Waals surface area (Å²) in [5.41, 5.74) is 0.553. The molecule has 1 amide bonds. The highest BCUT2D eigenvalue weighted by Crippen LogP contribution is 2.27. The zero-order chi connectivity index (χ0) is 19.4. The normalized spacial score (nSPS) is 21.7. The Morgan fingerprint density at radius 3 is 2.41 bits per heavy atom. The number of rotatable bonds is 6. The first-order valence-electron chi connectivity index (χ1n) is 9.99. The number of hydrogen-bond acceptors (Lipinski definition) is 4. The molecule has 1 aliphatic carbocycles. The molecule has 1 aliphatic heterocycles. The summed E-state index contributed by atoms with van der Waals surface area (Å²) in [6.07, 6.45) is 7.22. The van der Waals surface area contributed by atoms with Gasteiger partial charge >= 0.3 is 0 Å². The molecule has 1 heterocycles. The van der Waals surface area contributed by atoms with Gasteiger partial charge in [-0.05, 0) is 57.0 Å². The van der Waals surface area contributed by atoms with E-state index in [9.17, 15) is 13.2 Å². The molecule has 1 N–H and O–H groups in total. The van der Waals surface area contributed by atoms with E-state index < -0.39 is 10.0 Å². The molecular weight excluding hydrogens is 362 g/mol. The number of carbonyl (C=O) groups is 1. The number of likely N-dealkylation sites (N-methyl/N-ethyl adjacent to an activating group) is 1. The van der Waals surface area contributed by atoms with E-state index in [-0.39, 0.29) is 22.9 Å². The van der Waals surface area contributed by atoms with Gasteiger partial charge in [0, 0.05) is 37.8 Å². The summed E-state index contributed by atoms with van der Waals surface area (Å²) in [6, 6.07) is 6.74. The molecule has 0 radical (unpaired) electrons. The molecular formula is C20H31N3O3S. The second kappa shape index (κ2) is 8.71. The zero-order valence-electron chi connectivity index (χ0n) is 16.4. The van der Waals surface area contributed by atoms with Crippen molar-refractivity contribution in [3.05, 3.63) is 29.8 Å². The molecule has 0 spiro atoms. The van der Waals surface area contributed by atoms with E-state index in [4.69, 9.17) is 0 Å². The van der Waals surface area contributed by atoms with Gasteiger partial charge in [-0.25, -0.2) is 8.42 Å². The van der Waals surface area contributed by atoms with Gasteiger partial charge in [0.25, 0.3) is 5.91 Å². The third-order valence-electron chi connectivity index (χ3n) is 5.94. The van der Waals surface area contributed by atoms with Gasteiger partial charge in [-0.1, -0.05) is 19.3 Å². The zero-order valence-corrected chi connectivity index (χ0v) is 17.2. The first-order chi connectivity index (χ1) is 12.9. The lowest BCUT2D eigenvalue weighted by Crippen LogP contribution is -2.40. The van der Waals surface area contributed by atoms with Gasteiger partial charge in [0.05, 0.1) is 4.90 Å². The Balaban J connectivity index is 1.73. The molecule has 2 aliphatic rings. The van der Waals surface area contributed by atoms with Gasteiger partial charge in [0.15, 0.2) is 0 Å². The van der Waals surface area contributed by atoms with Crippen LogP contribution in [0.25, 0.3) is 0 Å². The van der Waals surface area contributed by atoms with Gasteiger partial charge in [-0.3, -0.25) is 4.79 Å². The lowest BCUT2D eigenvalue weighted by Gasteiger charge is -2.30. The predicted octanol–water partition coefficient (Wildman–Crippen LogP) is 2.46. The van der Waals surface area contributed by atoms with Crippen LogP contribution in [0.5, 0.6) is 0 Å². The molecule has 1 unspecified atom stereocenters. The maximum atomic E-state index is 12.9. The Kier molecular flexibility index (Phi) is 6.55. The molecule has 6 nitrogen and oxygen atoms in total. The highest BCUT2D eigenvalue weighted by molar-refractivity contribution is 7.89. The number of sulfonamides is 1. The van der Waals surface area contributed by atoms with E-state index in [1.165, 1.54) is 10.7 Å². The minimum absolute atomic E-state index is 0.0164. The Morgan fingerprint density at radius 1 is 1.11 bits per heavy atom. The topological polar surface area (TPSA) is 69.7 Å². The van der Waals surface area contributed by atoms with Crippen LogP contribution in [0.1, 0.15) is 55.3 Å². The van der Waals surface area contributed by atoms with Crippen molar-refractivity contribution in [2.45, 2.75) is 61.9 Å². The van der Waals surface area contributed by atoms with Crippen LogP contribution in [0.4, 0.5) is 0 Å². The largest absolute Gasteiger partial charge is 0.334 e. The number of nitrogens with zero attached hydrogens (tertiary/aromatic N) is 2. The molecule has 27 heavy (non-hydrogen) atoms. The minimum atomic E-state index is -3.52. The van der Waals surface area contributed by atoms with Crippen LogP contribution in [-0.2, 0) is 10.0 Å². The van der Waals surface area contributed by atoms with Crippen LogP contribution in [-0.4, -0.2) is 62.8 Å². The molecule has 0 aromatic heterocycles. The van der Waals surface area contributed by atoms with E-state index in [0.29, 0.717) is 5.56 Å². The summed E-state index contributed by atoms with van der Waals surface area (Å²) in [6.45, 7) is 1.54. The summed E-state index contributed by atoms with van der Waals surface area (Å²) < 4.78 is 27.4. The average molecular weight is 394 g/mol. The predicted molar refractivity (Wildman–Crippen MR) is 106 cm³/mol. The summed E-state index contributed by atoms with van der Waals surface area (Å²) in [7, 11) is 0.0488. The van der Waals surface area contributed by atoms with E-state index >= 15 is 0 Å². The van der Waals surface area contributed by atoms with Crippen LogP contribution >= 0.6 is 0 Å². The van der Waals surface area contributed by atoms with Crippen molar-refractivity contribution in [1.29, 1.82) is 0 Å². The molecule has 0 bridgehead atoms. The lowest BCUT2D eigenvalue weighted by atomic mass is 9.96. The van der Waals surface area contributed by atoms with Gasteiger partial charge in [0.2, 0.25) is 10.0 Å². The van der Waals surface area contributed by atoms with Gasteiger partial charge in [0.1, 0.15) is 0 Å². The minimum Gasteiger partial charge on any atom is -0.334 e. The quantitative estimate of drug-likeness (QED) is 0.806. The van der Waals surface area contributed by atoms with E-state index in [2.05, 4.69) is 5.32 Å². The van der Waals surface area contributed by atoms with Crippen LogP contribution in [0.3, 0.4) is 0 Å². The van der Waals surface area contributed by atoms with Crippen molar-refractivity contribution >= 4 is 15.9 Å². The third-order valence-corrected chi connectivity index (χ3v) is 7.87. The number of nitrogens with one attached hydrogen (secondary N) is 1. The second-order valence-electron chi connectivity index (χ2n) is 7.69. The van der Waals surface area contributed by atoms with Crippen molar-refractivity contribution in [2.24, 2.45) is 0 Å². The smallest absolute Gasteiger partial charge is 0.254 e. The Labute approximate surface area is 163 Å². The summed E-state index contributed by atoms with van der Waals surface area (Å²) in [5, 5.41) is 3.14. The van der Waals surface area contributed by atoms with Gasteiger partial charge in [-0.15, -0.1) is 0 Å². The molecule has 1 atom stereocenters. The first-order valence-corrected chi connectivity index (χ1v) is 11.4. The Hall–Kier alpha value is -1.44. The van der Waals surface area contributed by atoms with Crippen molar-refractivity contribution in [3.63, 3.8) is 0 Å². The monoisotopic (exact) mass is 393 g/mol. The SMILES string of the molecule is CNCC1CCCN1C(=O)c1ccc(S(=O)(=O)N(C)C2CCCCC2)cc1. The first kappa shape index (κ1) is 20.3. The highest BCUT2D eigenvalue weighted by Gasteiger charge is 2.31. The molecule has 1 aromatic rings. The summed E-state index contributed by atoms with van der Waals surface area (Å²) in [5.74, 6) is -0.0164. The fourth-order valence-corrected chi connectivity index (χ4v) is 5.71. The fourth-order valence-electron chi connectivity index (χ4n) is 4.29. The van der Waals surface area contributed by atoms with Crippen LogP contribution in [0, 0.1) is 0 Å². The summed E-state index contributed by atoms with van der Waals surface area (Å²) in [4.78, 5) is 15.0. The fraction of sp³-hybridized carbons (Fsp3) is 0.650. The second-order valence-corrected chi connectivity index (χ2v) is 9.69. The van der Waals surface area contributed by atoms with Crippen LogP contribution in [0.15, 0.2) is 29.2 Å². The van der Waals surface area contributed by atoms with Crippen LogP contribution < -0.4 is 5.32 Å². The highest BCUT2D eigenvalue weighted by atomic mass is 32.2. The van der Waals surface area contributed by atoms with Crippen molar-refractivity contribution < 1.29 is 13.2 Å². The molecule has 1 aromatic carbocycles. The maximum Gasteiger partial charge on any atom is 0.254 e. The molecule has 3 rings (SSSR count). The number of amides is 1. The number of likely N-dealkylation sites (tertiary alicyclic amines) is 1. The lowest BCUT2D eigenvalue weighted by molar-refractivity contribution is 0.0737. The molecule has 1 saturated heterocycles. The van der Waals surface area contributed by atoms with Crippen LogP contribution in [0.2, 0.25) is 0 Å². The van der Waals surface area contributed by atoms with E-state index in [1.54, 1.807) is 31.3 Å². The number of benzene rings is 1. The molecule has 150 valence electrons. The van der Waals surface area contributed by atoms with Crippen molar-refractivity contribution in [1.82, 2.24) is 14.5 Å². The molecule has 7 heteroatoms. The van der Waals surface area contributed by atoms with Crippen molar-refractivity contribution in [3.8, 4) is 0 Å². The van der Waals surface area contributed by atoms with E-state index in [1.807, 2.05) is 11.9 Å². The Morgan fingerprint density at radius 2 is 1.78 bits per heavy atom. The summed E-state index contributed by atoms with van der Waals surface area (Å²) >= 11 is 0. The van der Waals surface area contributed by atoms with Crippen molar-refractivity contribution in [2.75, 3.05) is 27.2 Å². The third kappa shape index (κ3) is 4.36. The van der Waals surface area contributed by atoms with E-state index in [0.717, 1.165) is 51.6 Å². The van der Waals surface area contributed by atoms with Gasteiger partial charge < -0.3 is 10.2 Å². The molecule has 2 fully saturated rings. The Bertz CT molecular complexity index is 742. The maximum absolute atomic E-state index is 12.9. The number of hydrogen-bond donors (Lipinski definition) is 1. The number of carbonyl (C=O) groups excluding carboxylic acids is 1. The van der Waals surface area contributed by atoms with Gasteiger partial charge in [-0.2, -0.15) is 4.31 Å². The average Bonchev–Trinajstić information content (AvgIpc) is 3.16.